The van der Waals surface area contributed by atoms with E-state index in [1.54, 1.807) is 11.3 Å². The molecule has 0 aromatic carbocycles. The monoisotopic (exact) mass is 207 g/mol. The Morgan fingerprint density at radius 3 is 3.14 bits per heavy atom. The zero-order valence-corrected chi connectivity index (χ0v) is 8.84. The minimum Gasteiger partial charge on any atom is -0.360 e. The summed E-state index contributed by atoms with van der Waals surface area (Å²) in [7, 11) is 0. The number of hydrogen-bond donors (Lipinski definition) is 2. The predicted molar refractivity (Wildman–Crippen MR) is 59.3 cm³/mol. The maximum atomic E-state index is 5.71. The summed E-state index contributed by atoms with van der Waals surface area (Å²) < 4.78 is 0. The zero-order chi connectivity index (χ0) is 9.97. The van der Waals surface area contributed by atoms with Crippen LogP contribution in [0, 0.1) is 0 Å². The van der Waals surface area contributed by atoms with Gasteiger partial charge >= 0.3 is 0 Å². The predicted octanol–water partition coefficient (Wildman–Crippen LogP) is 2.03. The van der Waals surface area contributed by atoms with E-state index in [1.165, 1.54) is 0 Å². The fourth-order valence-electron chi connectivity index (χ4n) is 1.29. The molecule has 3 nitrogen and oxygen atoms in total. The largest absolute Gasteiger partial charge is 0.360 e. The highest BCUT2D eigenvalue weighted by molar-refractivity contribution is 7.09. The van der Waals surface area contributed by atoms with Gasteiger partial charge in [-0.15, -0.1) is 11.3 Å². The van der Waals surface area contributed by atoms with Gasteiger partial charge in [-0.05, 0) is 19.1 Å². The Labute approximate surface area is 87.0 Å². The molecule has 0 aliphatic heterocycles. The van der Waals surface area contributed by atoms with E-state index in [-0.39, 0.29) is 6.04 Å². The van der Waals surface area contributed by atoms with Crippen LogP contribution in [0.1, 0.15) is 11.9 Å². The van der Waals surface area contributed by atoms with E-state index in [0.717, 1.165) is 22.8 Å². The number of rotatable bonds is 3. The maximum Gasteiger partial charge on any atom is 0.0976 e. The van der Waals surface area contributed by atoms with Gasteiger partial charge in [0.2, 0.25) is 0 Å². The van der Waals surface area contributed by atoms with Crippen LogP contribution in [0.15, 0.2) is 23.7 Å². The topological polar surface area (TPSA) is 54.7 Å². The summed E-state index contributed by atoms with van der Waals surface area (Å²) in [6, 6.07) is 4.17. The van der Waals surface area contributed by atoms with Crippen molar-refractivity contribution in [2.45, 2.75) is 19.4 Å². The van der Waals surface area contributed by atoms with Gasteiger partial charge in [0.1, 0.15) is 0 Å². The molecule has 0 fully saturated rings. The van der Waals surface area contributed by atoms with Crippen molar-refractivity contribution in [1.82, 2.24) is 9.97 Å². The summed E-state index contributed by atoms with van der Waals surface area (Å²) in [6.45, 7) is 2.00. The molecule has 1 atom stereocenters. The third kappa shape index (κ3) is 2.02. The van der Waals surface area contributed by atoms with E-state index in [4.69, 9.17) is 5.73 Å². The molecule has 0 saturated carbocycles. The van der Waals surface area contributed by atoms with E-state index in [9.17, 15) is 0 Å². The molecule has 2 aromatic heterocycles. The number of aromatic amines is 1. The summed E-state index contributed by atoms with van der Waals surface area (Å²) in [5.74, 6) is 0. The molecule has 4 heteroatoms. The summed E-state index contributed by atoms with van der Waals surface area (Å²) >= 11 is 1.66. The number of H-pyrrole nitrogens is 1. The second kappa shape index (κ2) is 3.94. The quantitative estimate of drug-likeness (QED) is 0.809. The molecule has 2 rings (SSSR count). The highest BCUT2D eigenvalue weighted by Crippen LogP contribution is 2.20. The summed E-state index contributed by atoms with van der Waals surface area (Å²) in [5.41, 5.74) is 7.79. The van der Waals surface area contributed by atoms with Crippen molar-refractivity contribution in [3.8, 4) is 11.4 Å². The zero-order valence-electron chi connectivity index (χ0n) is 8.03. The Balaban J connectivity index is 2.18. The van der Waals surface area contributed by atoms with Crippen molar-refractivity contribution in [1.29, 1.82) is 0 Å². The van der Waals surface area contributed by atoms with E-state index in [0.29, 0.717) is 0 Å². The van der Waals surface area contributed by atoms with Gasteiger partial charge in [0, 0.05) is 24.0 Å². The first-order valence-corrected chi connectivity index (χ1v) is 5.47. The summed E-state index contributed by atoms with van der Waals surface area (Å²) in [5, 5.41) is 3.16. The molecule has 0 amide bonds. The van der Waals surface area contributed by atoms with Crippen LogP contribution in [0.5, 0.6) is 0 Å². The normalized spacial score (nSPS) is 13.0. The minimum absolute atomic E-state index is 0.178. The van der Waals surface area contributed by atoms with Gasteiger partial charge in [-0.3, -0.25) is 0 Å². The third-order valence-electron chi connectivity index (χ3n) is 1.92. The SMILES string of the molecule is CC(N)Cc1nc(-c2ccc[nH]2)cs1. The number of aromatic nitrogens is 2. The lowest BCUT2D eigenvalue weighted by atomic mass is 10.3. The van der Waals surface area contributed by atoms with Crippen molar-refractivity contribution in [2.24, 2.45) is 5.73 Å². The molecule has 0 aliphatic rings. The molecule has 1 unspecified atom stereocenters. The van der Waals surface area contributed by atoms with Crippen LogP contribution in [-0.2, 0) is 6.42 Å². The van der Waals surface area contributed by atoms with E-state index in [1.807, 2.05) is 25.3 Å². The van der Waals surface area contributed by atoms with Crippen LogP contribution >= 0.6 is 11.3 Å². The van der Waals surface area contributed by atoms with Gasteiger partial charge in [-0.2, -0.15) is 0 Å². The number of thiazole rings is 1. The van der Waals surface area contributed by atoms with Crippen molar-refractivity contribution in [3.05, 3.63) is 28.7 Å². The lowest BCUT2D eigenvalue weighted by molar-refractivity contribution is 0.734. The summed E-state index contributed by atoms with van der Waals surface area (Å²) in [6.07, 6.45) is 2.76. The van der Waals surface area contributed by atoms with Crippen molar-refractivity contribution >= 4 is 11.3 Å². The van der Waals surface area contributed by atoms with Gasteiger partial charge in [-0.1, -0.05) is 0 Å². The van der Waals surface area contributed by atoms with Crippen LogP contribution in [0.2, 0.25) is 0 Å². The first-order chi connectivity index (χ1) is 6.75. The van der Waals surface area contributed by atoms with Crippen molar-refractivity contribution in [2.75, 3.05) is 0 Å². The second-order valence-corrected chi connectivity index (χ2v) is 4.33. The molecular formula is C10H13N3S. The molecule has 0 aliphatic carbocycles. The average Bonchev–Trinajstić information content (AvgIpc) is 2.69. The Morgan fingerprint density at radius 1 is 1.64 bits per heavy atom. The molecule has 14 heavy (non-hydrogen) atoms. The molecule has 74 valence electrons. The average molecular weight is 207 g/mol. The lowest BCUT2D eigenvalue weighted by Gasteiger charge is -1.98. The van der Waals surface area contributed by atoms with Gasteiger partial charge in [0.15, 0.2) is 0 Å². The first-order valence-electron chi connectivity index (χ1n) is 4.59. The Morgan fingerprint density at radius 2 is 2.50 bits per heavy atom. The lowest BCUT2D eigenvalue weighted by Crippen LogP contribution is -2.17. The molecular weight excluding hydrogens is 194 g/mol. The minimum atomic E-state index is 0.178. The molecule has 0 saturated heterocycles. The van der Waals surface area contributed by atoms with Crippen molar-refractivity contribution in [3.63, 3.8) is 0 Å². The maximum absolute atomic E-state index is 5.71. The number of nitrogens with zero attached hydrogens (tertiary/aromatic N) is 1. The van der Waals surface area contributed by atoms with Gasteiger partial charge < -0.3 is 10.7 Å². The smallest absolute Gasteiger partial charge is 0.0976 e. The highest BCUT2D eigenvalue weighted by atomic mass is 32.1. The molecule has 2 aromatic rings. The Kier molecular flexibility index (Phi) is 2.65. The molecule has 0 spiro atoms. The van der Waals surface area contributed by atoms with Crippen LogP contribution in [0.25, 0.3) is 11.4 Å². The van der Waals surface area contributed by atoms with Gasteiger partial charge in [0.05, 0.1) is 16.4 Å². The fraction of sp³-hybridized carbons (Fsp3) is 0.300. The standard InChI is InChI=1S/C10H13N3S/c1-7(11)5-10-13-9(6-14-10)8-3-2-4-12-8/h2-4,6-7,12H,5,11H2,1H3. The molecule has 3 N–H and O–H groups in total. The highest BCUT2D eigenvalue weighted by Gasteiger charge is 2.06. The van der Waals surface area contributed by atoms with E-state index < -0.39 is 0 Å². The number of hydrogen-bond acceptors (Lipinski definition) is 3. The first kappa shape index (κ1) is 9.43. The van der Waals surface area contributed by atoms with Crippen LogP contribution in [-0.4, -0.2) is 16.0 Å². The summed E-state index contributed by atoms with van der Waals surface area (Å²) in [4.78, 5) is 7.63. The fourth-order valence-corrected chi connectivity index (χ4v) is 2.23. The molecule has 0 radical (unpaired) electrons. The van der Waals surface area contributed by atoms with Gasteiger partial charge in [0.25, 0.3) is 0 Å². The number of nitrogens with one attached hydrogen (secondary N) is 1. The van der Waals surface area contributed by atoms with E-state index >= 15 is 0 Å². The van der Waals surface area contributed by atoms with Gasteiger partial charge in [-0.25, -0.2) is 4.98 Å². The van der Waals surface area contributed by atoms with Crippen LogP contribution < -0.4 is 5.73 Å². The van der Waals surface area contributed by atoms with Crippen molar-refractivity contribution < 1.29 is 0 Å². The van der Waals surface area contributed by atoms with Crippen LogP contribution in [0.3, 0.4) is 0 Å². The Hall–Kier alpha value is -1.13. The van der Waals surface area contributed by atoms with E-state index in [2.05, 4.69) is 15.3 Å². The Bertz CT molecular complexity index is 389. The third-order valence-corrected chi connectivity index (χ3v) is 2.79. The van der Waals surface area contributed by atoms with Crippen LogP contribution in [0.4, 0.5) is 0 Å². The number of nitrogens with two attached hydrogens (primary N) is 1. The second-order valence-electron chi connectivity index (χ2n) is 3.39. The molecule has 0 bridgehead atoms. The molecule has 2 heterocycles.